The van der Waals surface area contributed by atoms with E-state index >= 15 is 4.79 Å². The zero-order chi connectivity index (χ0) is 64.3. The van der Waals surface area contributed by atoms with E-state index in [1.807, 2.05) is 62.4 Å². The summed E-state index contributed by atoms with van der Waals surface area (Å²) in [5.74, 6) is 6.13. The van der Waals surface area contributed by atoms with Crippen LogP contribution in [0.4, 0.5) is 0 Å². The number of nitrogens with zero attached hydrogens (tertiary/aromatic N) is 1. The lowest BCUT2D eigenvalue weighted by molar-refractivity contribution is -0.168. The van der Waals surface area contributed by atoms with Crippen LogP contribution in [0.5, 0.6) is 5.75 Å². The predicted molar refractivity (Wildman–Crippen MR) is 358 cm³/mol. The second-order valence-corrected chi connectivity index (χ2v) is 27.9. The second kappa shape index (κ2) is 31.0. The number of β-amino-alcohol motifs (C(OH)–C–C–N with tert-alkyl or cyclic N) is 1. The number of ether oxygens (including phenoxy) is 1. The van der Waals surface area contributed by atoms with Crippen LogP contribution in [0.3, 0.4) is 0 Å². The molecule has 0 aromatic heterocycles. The molecule has 3 heterocycles. The fourth-order valence-corrected chi connectivity index (χ4v) is 16.2. The maximum atomic E-state index is 15.3. The first-order valence-corrected chi connectivity index (χ1v) is 33.4. The van der Waals surface area contributed by atoms with E-state index in [0.717, 1.165) is 58.2 Å². The van der Waals surface area contributed by atoms with Crippen LogP contribution in [-0.2, 0) is 33.6 Å². The number of ketones is 1. The van der Waals surface area contributed by atoms with Gasteiger partial charge in [-0.05, 0) is 190 Å². The Morgan fingerprint density at radius 3 is 2.47 bits per heavy atom. The molecule has 3 aliphatic heterocycles. The van der Waals surface area contributed by atoms with Crippen LogP contribution >= 0.6 is 0 Å². The van der Waals surface area contributed by atoms with Crippen molar-refractivity contribution < 1.29 is 39.9 Å². The van der Waals surface area contributed by atoms with Crippen LogP contribution in [0.25, 0.3) is 0 Å². The molecular formula is C75H103N7O8. The van der Waals surface area contributed by atoms with Gasteiger partial charge in [0.15, 0.2) is 11.7 Å². The summed E-state index contributed by atoms with van der Waals surface area (Å²) in [5, 5.41) is 71.9. The van der Waals surface area contributed by atoms with Gasteiger partial charge in [-0.2, -0.15) is 0 Å². The minimum absolute atomic E-state index is 0.0279. The molecule has 15 nitrogen and oxygen atoms in total. The predicted octanol–water partition coefficient (Wildman–Crippen LogP) is 9.43. The number of aliphatic hydroxyl groups is 4. The molecule has 0 saturated heterocycles. The number of fused-ring (bicyclic) bond motifs is 4. The minimum atomic E-state index is -1.37. The van der Waals surface area contributed by atoms with E-state index < -0.39 is 71.1 Å². The molecule has 6 aliphatic rings. The summed E-state index contributed by atoms with van der Waals surface area (Å²) in [6.07, 6.45) is 16.7. The Labute approximate surface area is 535 Å². The Morgan fingerprint density at radius 2 is 1.70 bits per heavy atom. The minimum Gasteiger partial charge on any atom is -0.508 e. The molecule has 3 aromatic carbocycles. The van der Waals surface area contributed by atoms with Gasteiger partial charge >= 0.3 is 0 Å². The highest BCUT2D eigenvalue weighted by atomic mass is 16.5. The Morgan fingerprint density at radius 1 is 0.944 bits per heavy atom. The fourth-order valence-electron chi connectivity index (χ4n) is 16.2. The molecule has 3 aliphatic carbocycles. The molecule has 14 N–H and O–H groups in total. The van der Waals surface area contributed by atoms with Crippen molar-refractivity contribution in [2.75, 3.05) is 32.8 Å². The lowest BCUT2D eigenvalue weighted by atomic mass is 9.52. The Bertz CT molecular complexity index is 3220. The summed E-state index contributed by atoms with van der Waals surface area (Å²) in [6, 6.07) is 19.3. The van der Waals surface area contributed by atoms with Gasteiger partial charge in [0, 0.05) is 49.2 Å². The van der Waals surface area contributed by atoms with E-state index in [2.05, 4.69) is 78.4 Å². The fraction of sp³-hybridized carbons (Fsp3) is 0.560. The summed E-state index contributed by atoms with van der Waals surface area (Å²) < 4.78 is 6.35. The molecule has 9 rings (SSSR count). The van der Waals surface area contributed by atoms with Gasteiger partial charge in [-0.3, -0.25) is 19.9 Å². The highest BCUT2D eigenvalue weighted by Gasteiger charge is 2.64. The Hall–Kier alpha value is -6.19. The number of nitrogens with two attached hydrogens (primary N) is 3. The number of rotatable bonds is 11. The first-order chi connectivity index (χ1) is 43.1. The number of aromatic hydroxyl groups is 1. The summed E-state index contributed by atoms with van der Waals surface area (Å²) in [7, 11) is 0. The number of phenols is 1. The van der Waals surface area contributed by atoms with Gasteiger partial charge in [0.2, 0.25) is 5.91 Å². The third-order valence-corrected chi connectivity index (χ3v) is 21.3. The standard InChI is InChI=1S/C75H103N7O8/c1-46(2)22-24-50-15-10-18-53(37-50)42-79-65-31-23-47(3)13-7-8-36-90-45-56(20-9-14-48(65)4)60-33-35-75(70(60)87)64-30-29-58(84)39-51-16-11-17-52(38-51)40-62(63(43-81-73(77)78)54-25-27-57(83)28-26-54)67(86)44-80-69-68-55(19-12-21-61(68)71(76)82-72(69)88)41-66(85)49(5)59(64)32-34-74(75,6)89/h9,11-12,14,16-17,19-21,23,25-28,38,46,50,53,58,60,62-65,67,69-71,79-80,83-84,86-87,89H,4,10,13,15,18,22,24,29-37,39-45,76H2,1-3,5-6H3,(H,82,88)(H4,77,78,81)/b14-9+,47-23+,56-20-,59-49?/t50-,53+,58+,60-,62-,63-,64-,65+,67-,69-,70-,71-,74-,75-/m1/s1. The number of allylic oxidation sites excluding steroid dienone is 5. The molecule has 15 heteroatoms. The van der Waals surface area contributed by atoms with Crippen molar-refractivity contribution in [1.82, 2.24) is 16.0 Å². The monoisotopic (exact) mass is 1230 g/mol. The van der Waals surface area contributed by atoms with Crippen molar-refractivity contribution in [3.05, 3.63) is 159 Å². The number of benzene rings is 3. The number of hydrogen-bond donors (Lipinski definition) is 11. The first-order valence-electron chi connectivity index (χ1n) is 33.4. The van der Waals surface area contributed by atoms with E-state index in [-0.39, 0.29) is 56.3 Å². The summed E-state index contributed by atoms with van der Waals surface area (Å²) in [6.45, 7) is 16.5. The summed E-state index contributed by atoms with van der Waals surface area (Å²) in [5.41, 5.74) is 24.9. The molecule has 3 aromatic rings. The number of hydrogen-bond acceptors (Lipinski definition) is 12. The zero-order valence-electron chi connectivity index (χ0n) is 54.1. The Balaban J connectivity index is 1.06. The van der Waals surface area contributed by atoms with Gasteiger partial charge in [0.1, 0.15) is 24.6 Å². The number of carbonyl (C=O) groups is 2. The van der Waals surface area contributed by atoms with E-state index in [1.165, 1.54) is 44.1 Å². The highest BCUT2D eigenvalue weighted by molar-refractivity contribution is 5.98. The Kier molecular flexibility index (Phi) is 23.5. The van der Waals surface area contributed by atoms with E-state index in [1.54, 1.807) is 24.3 Å². The van der Waals surface area contributed by atoms with Gasteiger partial charge < -0.3 is 58.1 Å². The van der Waals surface area contributed by atoms with E-state index in [0.29, 0.717) is 86.0 Å². The second-order valence-electron chi connectivity index (χ2n) is 27.9. The SMILES string of the molecule is C=C1/C=C/C=C(\[C@H]2CC[C@@]3([C@@H]4CC[C@H](O)Cc5cccc(c5)C[C@H]([C@H](CN=C(N)N)c5ccc(O)cc5)[C@H](O)CN[C@H]5C(=O)N[C@@H](N)c6cccc(c65)CC(=O)C(C)=C4CC[C@@]3(C)O)[C@@H]2O)COCC#CC/C(C)=C/C[C@@H]1NC[C@H]1CCC[C@H](CCC(C)C)C1. The number of nitrogens with one attached hydrogen (secondary N) is 3. The maximum Gasteiger partial charge on any atom is 0.243 e. The molecule has 3 fully saturated rings. The number of phenolic OH excluding ortho intramolecular Hbond substituents is 1. The van der Waals surface area contributed by atoms with Crippen LogP contribution in [-0.4, -0.2) is 106 Å². The lowest BCUT2D eigenvalue weighted by Crippen LogP contribution is -2.59. The first kappa shape index (κ1) is 68.2. The average molecular weight is 1230 g/mol. The number of amides is 1. The van der Waals surface area contributed by atoms with Crippen molar-refractivity contribution in [1.29, 1.82) is 0 Å². The molecule has 90 heavy (non-hydrogen) atoms. The van der Waals surface area contributed by atoms with Crippen LogP contribution < -0.4 is 33.2 Å². The van der Waals surface area contributed by atoms with Crippen LogP contribution in [0.1, 0.15) is 176 Å². The third kappa shape index (κ3) is 16.5. The van der Waals surface area contributed by atoms with Crippen molar-refractivity contribution in [2.45, 2.75) is 192 Å². The van der Waals surface area contributed by atoms with Crippen LogP contribution in [0.2, 0.25) is 0 Å². The van der Waals surface area contributed by atoms with Crippen molar-refractivity contribution in [3.63, 3.8) is 0 Å². The smallest absolute Gasteiger partial charge is 0.243 e. The van der Waals surface area contributed by atoms with Crippen LogP contribution in [0.15, 0.2) is 130 Å². The normalized spacial score (nSPS) is 32.9. The number of guanidine groups is 1. The number of Topliss-reactive ketones (excluding diaryl/α,β-unsaturated/α-hetero) is 1. The van der Waals surface area contributed by atoms with Gasteiger partial charge in [-0.15, -0.1) is 0 Å². The summed E-state index contributed by atoms with van der Waals surface area (Å²) >= 11 is 0. The average Bonchev–Trinajstić information content (AvgIpc) is 1.45. The molecule has 0 unspecified atom stereocenters. The van der Waals surface area contributed by atoms with Crippen LogP contribution in [0, 0.1) is 52.8 Å². The zero-order valence-corrected chi connectivity index (χ0v) is 54.1. The van der Waals surface area contributed by atoms with Crippen molar-refractivity contribution in [3.8, 4) is 17.6 Å². The number of aliphatic imine (C=N–C) groups is 1. The topological polar surface area (TPSA) is 271 Å². The quantitative estimate of drug-likeness (QED) is 0.0370. The molecule has 486 valence electrons. The molecular weight excluding hydrogens is 1130 g/mol. The largest absolute Gasteiger partial charge is 0.508 e. The van der Waals surface area contributed by atoms with Crippen molar-refractivity contribution in [2.24, 2.45) is 63.1 Å². The molecule has 2 bridgehead atoms. The third-order valence-electron chi connectivity index (χ3n) is 21.3. The van der Waals surface area contributed by atoms with Crippen molar-refractivity contribution >= 4 is 17.6 Å². The molecule has 1 spiro atoms. The summed E-state index contributed by atoms with van der Waals surface area (Å²) in [4.78, 5) is 34.0. The van der Waals surface area contributed by atoms with Gasteiger partial charge in [-0.25, -0.2) is 0 Å². The maximum absolute atomic E-state index is 15.3. The molecule has 3 saturated carbocycles. The van der Waals surface area contributed by atoms with Gasteiger partial charge in [0.05, 0.1) is 30.5 Å². The highest BCUT2D eigenvalue weighted by Crippen LogP contribution is 2.63. The molecule has 0 radical (unpaired) electrons. The number of carbonyl (C=O) groups excluding carboxylic acids is 2. The van der Waals surface area contributed by atoms with E-state index in [4.69, 9.17) is 21.9 Å². The van der Waals surface area contributed by atoms with E-state index in [9.17, 15) is 30.3 Å². The van der Waals surface area contributed by atoms with Gasteiger partial charge in [0.25, 0.3) is 0 Å². The number of aliphatic hydroxyl groups excluding tert-OH is 3. The molecule has 1 amide bonds. The van der Waals surface area contributed by atoms with Gasteiger partial charge in [-0.1, -0.05) is 148 Å². The molecule has 14 atom stereocenters. The lowest BCUT2D eigenvalue weighted by Gasteiger charge is -2.56.